The molecule has 0 amide bonds. The minimum atomic E-state index is 0.301. The molecule has 0 aromatic carbocycles. The lowest BCUT2D eigenvalue weighted by molar-refractivity contribution is 0.213. The number of fused-ring (bicyclic) bond motifs is 1. The number of nitrogens with one attached hydrogen (secondary N) is 1. The van der Waals surface area contributed by atoms with E-state index in [9.17, 15) is 0 Å². The first kappa shape index (κ1) is 7.32. The van der Waals surface area contributed by atoms with Crippen molar-refractivity contribution < 1.29 is 5.11 Å². The van der Waals surface area contributed by atoms with Crippen LogP contribution in [0.4, 0.5) is 0 Å². The quantitative estimate of drug-likeness (QED) is 0.539. The molecule has 1 saturated heterocycles. The number of aliphatic hydroxyl groups excluding tert-OH is 1. The molecule has 11 heavy (non-hydrogen) atoms. The summed E-state index contributed by atoms with van der Waals surface area (Å²) in [5.41, 5.74) is 0. The van der Waals surface area contributed by atoms with Crippen LogP contribution in [0, 0.1) is 11.8 Å². The molecule has 0 aromatic rings. The molecule has 1 heterocycles. The lowest BCUT2D eigenvalue weighted by atomic mass is 9.82. The van der Waals surface area contributed by atoms with Gasteiger partial charge in [0.25, 0.3) is 0 Å². The van der Waals surface area contributed by atoms with Gasteiger partial charge in [-0.05, 0) is 31.2 Å². The molecule has 3 atom stereocenters. The van der Waals surface area contributed by atoms with Gasteiger partial charge < -0.3 is 10.4 Å². The summed E-state index contributed by atoms with van der Waals surface area (Å²) >= 11 is 0. The Morgan fingerprint density at radius 3 is 3.00 bits per heavy atom. The van der Waals surface area contributed by atoms with Crippen LogP contribution >= 0.6 is 0 Å². The first-order valence-electron chi connectivity index (χ1n) is 4.41. The van der Waals surface area contributed by atoms with Gasteiger partial charge >= 0.3 is 0 Å². The first-order chi connectivity index (χ1) is 5.42. The molecule has 1 aliphatic carbocycles. The molecule has 0 aromatic heterocycles. The highest BCUT2D eigenvalue weighted by Crippen LogP contribution is 2.31. The number of hydrogen-bond acceptors (Lipinski definition) is 2. The van der Waals surface area contributed by atoms with Crippen LogP contribution in [0.5, 0.6) is 0 Å². The summed E-state index contributed by atoms with van der Waals surface area (Å²) < 4.78 is 0. The number of allylic oxidation sites excluding steroid dienone is 2. The second kappa shape index (κ2) is 2.95. The monoisotopic (exact) mass is 153 g/mol. The average molecular weight is 153 g/mol. The van der Waals surface area contributed by atoms with Gasteiger partial charge in [0.15, 0.2) is 0 Å². The Morgan fingerprint density at radius 1 is 1.36 bits per heavy atom. The second-order valence-corrected chi connectivity index (χ2v) is 3.56. The third-order valence-corrected chi connectivity index (χ3v) is 2.97. The van der Waals surface area contributed by atoms with Gasteiger partial charge in [0.2, 0.25) is 0 Å². The first-order valence-corrected chi connectivity index (χ1v) is 4.41. The van der Waals surface area contributed by atoms with Crippen molar-refractivity contribution in [2.45, 2.75) is 18.9 Å². The Bertz CT molecular complexity index is 167. The number of hydrogen-bond donors (Lipinski definition) is 2. The smallest absolute Gasteiger partial charge is 0.0587 e. The van der Waals surface area contributed by atoms with Crippen molar-refractivity contribution in [1.29, 1.82) is 0 Å². The van der Waals surface area contributed by atoms with Gasteiger partial charge in [-0.15, -0.1) is 0 Å². The van der Waals surface area contributed by atoms with Crippen LogP contribution in [0.25, 0.3) is 0 Å². The van der Waals surface area contributed by atoms with Gasteiger partial charge in [0, 0.05) is 6.04 Å². The summed E-state index contributed by atoms with van der Waals surface area (Å²) in [5, 5.41) is 12.4. The zero-order valence-corrected chi connectivity index (χ0v) is 6.66. The molecule has 2 N–H and O–H groups in total. The van der Waals surface area contributed by atoms with E-state index in [0.29, 0.717) is 18.6 Å². The van der Waals surface area contributed by atoms with Gasteiger partial charge in [0.1, 0.15) is 0 Å². The van der Waals surface area contributed by atoms with Gasteiger partial charge in [-0.1, -0.05) is 12.2 Å². The lowest BCUT2D eigenvalue weighted by Gasteiger charge is -2.23. The van der Waals surface area contributed by atoms with Gasteiger partial charge in [0.05, 0.1) is 6.61 Å². The Hall–Kier alpha value is -0.340. The van der Waals surface area contributed by atoms with Crippen LogP contribution < -0.4 is 5.32 Å². The summed E-state index contributed by atoms with van der Waals surface area (Å²) in [6.07, 6.45) is 6.87. The lowest BCUT2D eigenvalue weighted by Crippen LogP contribution is -2.31. The number of rotatable bonds is 1. The molecule has 0 saturated carbocycles. The molecular weight excluding hydrogens is 138 g/mol. The van der Waals surface area contributed by atoms with Crippen LogP contribution in [-0.2, 0) is 0 Å². The van der Waals surface area contributed by atoms with E-state index in [2.05, 4.69) is 17.5 Å². The third-order valence-electron chi connectivity index (χ3n) is 2.97. The van der Waals surface area contributed by atoms with E-state index in [1.807, 2.05) is 0 Å². The van der Waals surface area contributed by atoms with Crippen LogP contribution in [0.15, 0.2) is 12.2 Å². The zero-order chi connectivity index (χ0) is 7.68. The highest BCUT2D eigenvalue weighted by atomic mass is 16.3. The predicted octanol–water partition coefficient (Wildman–Crippen LogP) is 0.533. The normalized spacial score (nSPS) is 42.5. The Morgan fingerprint density at radius 2 is 2.18 bits per heavy atom. The standard InChI is InChI=1S/C9H15NO/c11-6-9-8-4-2-1-3-7(8)5-10-9/h1-2,7-11H,3-6H2/t7?,8?,9-/m1/s1. The summed E-state index contributed by atoms with van der Waals surface area (Å²) in [5.74, 6) is 1.49. The fraction of sp³-hybridized carbons (Fsp3) is 0.778. The molecule has 1 aliphatic heterocycles. The highest BCUT2D eigenvalue weighted by Gasteiger charge is 2.34. The predicted molar refractivity (Wildman–Crippen MR) is 44.2 cm³/mol. The molecule has 2 aliphatic rings. The maximum absolute atomic E-state index is 9.02. The van der Waals surface area contributed by atoms with Crippen molar-refractivity contribution >= 4 is 0 Å². The zero-order valence-electron chi connectivity index (χ0n) is 6.66. The minimum absolute atomic E-state index is 0.301. The Kier molecular flexibility index (Phi) is 1.96. The molecule has 62 valence electrons. The topological polar surface area (TPSA) is 32.3 Å². The summed E-state index contributed by atoms with van der Waals surface area (Å²) in [7, 11) is 0. The van der Waals surface area contributed by atoms with Crippen molar-refractivity contribution in [3.05, 3.63) is 12.2 Å². The molecule has 0 spiro atoms. The highest BCUT2D eigenvalue weighted by molar-refractivity contribution is 5.02. The van der Waals surface area contributed by atoms with Crippen molar-refractivity contribution in [1.82, 2.24) is 5.32 Å². The Balaban J connectivity index is 2.05. The van der Waals surface area contributed by atoms with Gasteiger partial charge in [-0.2, -0.15) is 0 Å². The molecule has 0 radical (unpaired) electrons. The van der Waals surface area contributed by atoms with E-state index in [4.69, 9.17) is 5.11 Å². The van der Waals surface area contributed by atoms with Crippen LogP contribution in [0.3, 0.4) is 0 Å². The third kappa shape index (κ3) is 1.21. The molecule has 2 nitrogen and oxygen atoms in total. The maximum atomic E-state index is 9.02. The Labute approximate surface area is 67.3 Å². The van der Waals surface area contributed by atoms with E-state index in [-0.39, 0.29) is 0 Å². The molecule has 2 rings (SSSR count). The van der Waals surface area contributed by atoms with Crippen molar-refractivity contribution in [2.24, 2.45) is 11.8 Å². The molecule has 2 unspecified atom stereocenters. The van der Waals surface area contributed by atoms with Crippen LogP contribution in [0.2, 0.25) is 0 Å². The molecular formula is C9H15NO. The fourth-order valence-electron chi connectivity index (χ4n) is 2.27. The molecule has 0 bridgehead atoms. The van der Waals surface area contributed by atoms with E-state index in [1.54, 1.807) is 0 Å². The van der Waals surface area contributed by atoms with Crippen LogP contribution in [0.1, 0.15) is 12.8 Å². The van der Waals surface area contributed by atoms with Crippen molar-refractivity contribution in [2.75, 3.05) is 13.2 Å². The average Bonchev–Trinajstić information content (AvgIpc) is 2.47. The summed E-state index contributed by atoms with van der Waals surface area (Å²) in [6, 6.07) is 0.366. The summed E-state index contributed by atoms with van der Waals surface area (Å²) in [4.78, 5) is 0. The SMILES string of the molecule is OC[C@H]1NCC2CC=CCC21. The van der Waals surface area contributed by atoms with E-state index < -0.39 is 0 Å². The van der Waals surface area contributed by atoms with Crippen molar-refractivity contribution in [3.8, 4) is 0 Å². The minimum Gasteiger partial charge on any atom is -0.395 e. The second-order valence-electron chi connectivity index (χ2n) is 3.56. The maximum Gasteiger partial charge on any atom is 0.0587 e. The van der Waals surface area contributed by atoms with Crippen molar-refractivity contribution in [3.63, 3.8) is 0 Å². The summed E-state index contributed by atoms with van der Waals surface area (Å²) in [6.45, 7) is 1.40. The van der Waals surface area contributed by atoms with E-state index in [0.717, 1.165) is 18.9 Å². The fourth-order valence-corrected chi connectivity index (χ4v) is 2.27. The van der Waals surface area contributed by atoms with E-state index >= 15 is 0 Å². The van der Waals surface area contributed by atoms with E-state index in [1.165, 1.54) is 6.42 Å². The largest absolute Gasteiger partial charge is 0.395 e. The van der Waals surface area contributed by atoms with Gasteiger partial charge in [-0.25, -0.2) is 0 Å². The van der Waals surface area contributed by atoms with Gasteiger partial charge in [-0.3, -0.25) is 0 Å². The molecule has 2 heteroatoms. The molecule has 1 fully saturated rings. The number of aliphatic hydroxyl groups is 1. The van der Waals surface area contributed by atoms with Crippen LogP contribution in [-0.4, -0.2) is 24.3 Å².